The fourth-order valence-electron chi connectivity index (χ4n) is 3.21. The molecule has 3 rings (SSSR count). The summed E-state index contributed by atoms with van der Waals surface area (Å²) in [7, 11) is 0. The van der Waals surface area contributed by atoms with Gasteiger partial charge in [-0.3, -0.25) is 4.90 Å². The Morgan fingerprint density at radius 2 is 2.00 bits per heavy atom. The van der Waals surface area contributed by atoms with Crippen LogP contribution in [-0.4, -0.2) is 31.1 Å². The lowest BCUT2D eigenvalue weighted by atomic mass is 9.76. The van der Waals surface area contributed by atoms with Crippen LogP contribution in [0.5, 0.6) is 0 Å². The second kappa shape index (κ2) is 5.90. The normalized spacial score (nSPS) is 23.1. The maximum atomic E-state index is 13.6. The van der Waals surface area contributed by atoms with E-state index in [2.05, 4.69) is 26.1 Å². The molecule has 0 unspecified atom stereocenters. The fourth-order valence-corrected chi connectivity index (χ4v) is 3.69. The number of nitrogens with zero attached hydrogens (tertiary/aromatic N) is 1. The Bertz CT molecular complexity index is 442. The first-order valence-electron chi connectivity index (χ1n) is 7.15. The van der Waals surface area contributed by atoms with Crippen LogP contribution >= 0.6 is 15.9 Å². The Labute approximate surface area is 122 Å². The Morgan fingerprint density at radius 3 is 2.63 bits per heavy atom. The standard InChI is InChI=1S/C15H20BrFN2/c16-14-5-4-12(17)10-13(14)15(11-2-1-3-11)19-8-6-18-7-9-19/h4-5,10-11,15,18H,1-3,6-9H2/t15-/m1/s1. The van der Waals surface area contributed by atoms with Crippen molar-refractivity contribution in [3.8, 4) is 0 Å². The van der Waals surface area contributed by atoms with Crippen molar-refractivity contribution in [3.63, 3.8) is 0 Å². The van der Waals surface area contributed by atoms with E-state index in [1.807, 2.05) is 6.07 Å². The quantitative estimate of drug-likeness (QED) is 0.916. The highest BCUT2D eigenvalue weighted by Crippen LogP contribution is 2.43. The van der Waals surface area contributed by atoms with E-state index in [1.165, 1.54) is 25.3 Å². The third-order valence-corrected chi connectivity index (χ3v) is 5.14. The van der Waals surface area contributed by atoms with Gasteiger partial charge in [-0.05, 0) is 42.5 Å². The molecule has 2 aliphatic rings. The number of halogens is 2. The zero-order valence-electron chi connectivity index (χ0n) is 11.0. The van der Waals surface area contributed by atoms with E-state index in [-0.39, 0.29) is 5.82 Å². The van der Waals surface area contributed by atoms with Crippen molar-refractivity contribution in [1.82, 2.24) is 10.2 Å². The average Bonchev–Trinajstić information content (AvgIpc) is 2.38. The van der Waals surface area contributed by atoms with Crippen LogP contribution in [0.4, 0.5) is 4.39 Å². The minimum atomic E-state index is -0.127. The van der Waals surface area contributed by atoms with Gasteiger partial charge in [-0.2, -0.15) is 0 Å². The molecule has 0 bridgehead atoms. The van der Waals surface area contributed by atoms with Gasteiger partial charge in [-0.15, -0.1) is 0 Å². The summed E-state index contributed by atoms with van der Waals surface area (Å²) >= 11 is 3.61. The van der Waals surface area contributed by atoms with Crippen LogP contribution in [0.3, 0.4) is 0 Å². The molecule has 1 atom stereocenters. The molecule has 19 heavy (non-hydrogen) atoms. The minimum absolute atomic E-state index is 0.127. The molecule has 1 aromatic carbocycles. The van der Waals surface area contributed by atoms with E-state index in [4.69, 9.17) is 0 Å². The van der Waals surface area contributed by atoms with E-state index in [9.17, 15) is 4.39 Å². The summed E-state index contributed by atoms with van der Waals surface area (Å²) in [6.07, 6.45) is 3.87. The van der Waals surface area contributed by atoms with E-state index < -0.39 is 0 Å². The van der Waals surface area contributed by atoms with Crippen LogP contribution < -0.4 is 5.32 Å². The molecule has 1 heterocycles. The molecule has 4 heteroatoms. The van der Waals surface area contributed by atoms with Gasteiger partial charge in [0.05, 0.1) is 0 Å². The van der Waals surface area contributed by atoms with Crippen LogP contribution in [0.25, 0.3) is 0 Å². The number of nitrogens with one attached hydrogen (secondary N) is 1. The van der Waals surface area contributed by atoms with Gasteiger partial charge in [0.1, 0.15) is 5.82 Å². The largest absolute Gasteiger partial charge is 0.314 e. The summed E-state index contributed by atoms with van der Waals surface area (Å²) < 4.78 is 14.7. The molecule has 2 fully saturated rings. The van der Waals surface area contributed by atoms with E-state index in [1.54, 1.807) is 6.07 Å². The van der Waals surface area contributed by atoms with Crippen molar-refractivity contribution in [2.24, 2.45) is 5.92 Å². The predicted octanol–water partition coefficient (Wildman–Crippen LogP) is 3.33. The van der Waals surface area contributed by atoms with E-state index in [0.717, 1.165) is 36.2 Å². The van der Waals surface area contributed by atoms with Crippen molar-refractivity contribution in [2.75, 3.05) is 26.2 Å². The van der Waals surface area contributed by atoms with Gasteiger partial charge >= 0.3 is 0 Å². The van der Waals surface area contributed by atoms with Crippen LogP contribution in [0.2, 0.25) is 0 Å². The first-order chi connectivity index (χ1) is 9.25. The lowest BCUT2D eigenvalue weighted by molar-refractivity contribution is 0.0830. The molecule has 0 spiro atoms. The molecule has 1 saturated heterocycles. The summed E-state index contributed by atoms with van der Waals surface area (Å²) in [4.78, 5) is 2.53. The van der Waals surface area contributed by atoms with Gasteiger partial charge in [0.25, 0.3) is 0 Å². The SMILES string of the molecule is Fc1ccc(Br)c([C@@H](C2CCC2)N2CCNCC2)c1. The lowest BCUT2D eigenvalue weighted by Crippen LogP contribution is -2.48. The first kappa shape index (κ1) is 13.5. The summed E-state index contributed by atoms with van der Waals surface area (Å²) in [5.41, 5.74) is 1.13. The van der Waals surface area contributed by atoms with E-state index in [0.29, 0.717) is 12.0 Å². The summed E-state index contributed by atoms with van der Waals surface area (Å²) in [6.45, 7) is 4.19. The molecular formula is C15H20BrFN2. The third kappa shape index (κ3) is 2.86. The summed E-state index contributed by atoms with van der Waals surface area (Å²) in [5.74, 6) is 0.564. The van der Waals surface area contributed by atoms with Crippen molar-refractivity contribution < 1.29 is 4.39 Å². The molecular weight excluding hydrogens is 307 g/mol. The summed E-state index contributed by atoms with van der Waals surface area (Å²) in [6, 6.07) is 5.47. The molecule has 104 valence electrons. The van der Waals surface area contributed by atoms with Crippen LogP contribution in [-0.2, 0) is 0 Å². The summed E-state index contributed by atoms with van der Waals surface area (Å²) in [5, 5.41) is 3.39. The van der Waals surface area contributed by atoms with Gasteiger partial charge in [0.15, 0.2) is 0 Å². The number of rotatable bonds is 3. The van der Waals surface area contributed by atoms with Gasteiger partial charge in [-0.1, -0.05) is 22.4 Å². The molecule has 1 aliphatic carbocycles. The Balaban J connectivity index is 1.90. The number of hydrogen-bond donors (Lipinski definition) is 1. The molecule has 1 aromatic rings. The minimum Gasteiger partial charge on any atom is -0.314 e. The molecule has 0 amide bonds. The molecule has 1 N–H and O–H groups in total. The van der Waals surface area contributed by atoms with Crippen molar-refractivity contribution in [1.29, 1.82) is 0 Å². The third-order valence-electron chi connectivity index (χ3n) is 4.42. The fraction of sp³-hybridized carbons (Fsp3) is 0.600. The molecule has 0 aromatic heterocycles. The maximum absolute atomic E-state index is 13.6. The van der Waals surface area contributed by atoms with E-state index >= 15 is 0 Å². The van der Waals surface area contributed by atoms with Crippen molar-refractivity contribution in [2.45, 2.75) is 25.3 Å². The predicted molar refractivity (Wildman–Crippen MR) is 78.6 cm³/mol. The first-order valence-corrected chi connectivity index (χ1v) is 7.95. The van der Waals surface area contributed by atoms with Crippen molar-refractivity contribution >= 4 is 15.9 Å². The zero-order valence-corrected chi connectivity index (χ0v) is 12.6. The number of benzene rings is 1. The van der Waals surface area contributed by atoms with Gasteiger partial charge in [0.2, 0.25) is 0 Å². The molecule has 1 aliphatic heterocycles. The Morgan fingerprint density at radius 1 is 1.26 bits per heavy atom. The lowest BCUT2D eigenvalue weighted by Gasteiger charge is -2.43. The second-order valence-corrected chi connectivity index (χ2v) is 6.44. The average molecular weight is 327 g/mol. The Hall–Kier alpha value is -0.450. The highest BCUT2D eigenvalue weighted by Gasteiger charge is 2.34. The van der Waals surface area contributed by atoms with Crippen LogP contribution in [0.1, 0.15) is 30.9 Å². The molecule has 0 radical (unpaired) electrons. The highest BCUT2D eigenvalue weighted by atomic mass is 79.9. The van der Waals surface area contributed by atoms with Gasteiger partial charge < -0.3 is 5.32 Å². The van der Waals surface area contributed by atoms with Gasteiger partial charge in [0, 0.05) is 36.7 Å². The number of hydrogen-bond acceptors (Lipinski definition) is 2. The maximum Gasteiger partial charge on any atom is 0.123 e. The smallest absolute Gasteiger partial charge is 0.123 e. The zero-order chi connectivity index (χ0) is 13.2. The topological polar surface area (TPSA) is 15.3 Å². The van der Waals surface area contributed by atoms with Crippen LogP contribution in [0.15, 0.2) is 22.7 Å². The van der Waals surface area contributed by atoms with Crippen molar-refractivity contribution in [3.05, 3.63) is 34.1 Å². The molecule has 2 nitrogen and oxygen atoms in total. The molecule has 1 saturated carbocycles. The number of piperazine rings is 1. The highest BCUT2D eigenvalue weighted by molar-refractivity contribution is 9.10. The Kier molecular flexibility index (Phi) is 4.20. The van der Waals surface area contributed by atoms with Gasteiger partial charge in [-0.25, -0.2) is 4.39 Å². The second-order valence-electron chi connectivity index (χ2n) is 5.59. The van der Waals surface area contributed by atoms with Crippen LogP contribution in [0, 0.1) is 11.7 Å². The monoisotopic (exact) mass is 326 g/mol.